The smallest absolute Gasteiger partial charge is 0.191 e. The van der Waals surface area contributed by atoms with Crippen molar-refractivity contribution < 1.29 is 4.42 Å². The minimum absolute atomic E-state index is 0. The predicted octanol–water partition coefficient (Wildman–Crippen LogP) is 4.41. The number of furan rings is 1. The second kappa shape index (κ2) is 11.5. The van der Waals surface area contributed by atoms with Gasteiger partial charge >= 0.3 is 0 Å². The lowest BCUT2D eigenvalue weighted by Crippen LogP contribution is -2.40. The molecule has 2 rings (SSSR count). The third-order valence-corrected chi connectivity index (χ3v) is 4.31. The van der Waals surface area contributed by atoms with Crippen molar-refractivity contribution >= 4 is 41.3 Å². The Labute approximate surface area is 171 Å². The molecule has 140 valence electrons. The molecular formula is C18H29IN4OS. The van der Waals surface area contributed by atoms with E-state index >= 15 is 0 Å². The molecule has 0 saturated carbocycles. The first-order valence-electron chi connectivity index (χ1n) is 8.53. The van der Waals surface area contributed by atoms with Gasteiger partial charge in [-0.25, -0.2) is 9.98 Å². The third-order valence-electron chi connectivity index (χ3n) is 3.46. The fourth-order valence-corrected chi connectivity index (χ4v) is 2.92. The van der Waals surface area contributed by atoms with Crippen LogP contribution in [0.5, 0.6) is 0 Å². The van der Waals surface area contributed by atoms with Crippen molar-refractivity contribution in [2.75, 3.05) is 13.1 Å². The van der Waals surface area contributed by atoms with Crippen molar-refractivity contribution in [2.45, 2.75) is 46.6 Å². The van der Waals surface area contributed by atoms with E-state index in [2.05, 4.69) is 53.7 Å². The van der Waals surface area contributed by atoms with E-state index in [1.807, 2.05) is 12.1 Å². The number of guanidine groups is 1. The summed E-state index contributed by atoms with van der Waals surface area (Å²) in [6.07, 6.45) is 2.54. The highest BCUT2D eigenvalue weighted by Crippen LogP contribution is 2.18. The summed E-state index contributed by atoms with van der Waals surface area (Å²) < 4.78 is 5.36. The van der Waals surface area contributed by atoms with Gasteiger partial charge in [0.05, 0.1) is 18.5 Å². The van der Waals surface area contributed by atoms with Gasteiger partial charge in [0.1, 0.15) is 10.8 Å². The van der Waals surface area contributed by atoms with E-state index in [1.54, 1.807) is 17.6 Å². The number of halogens is 1. The average Bonchev–Trinajstić information content (AvgIpc) is 3.20. The molecule has 0 aliphatic carbocycles. The van der Waals surface area contributed by atoms with Crippen molar-refractivity contribution in [1.82, 2.24) is 15.6 Å². The van der Waals surface area contributed by atoms with Crippen LogP contribution in [0.3, 0.4) is 0 Å². The Morgan fingerprint density at radius 3 is 2.68 bits per heavy atom. The van der Waals surface area contributed by atoms with Gasteiger partial charge in [0.15, 0.2) is 5.96 Å². The normalized spacial score (nSPS) is 11.7. The second-order valence-corrected chi connectivity index (χ2v) is 7.46. The van der Waals surface area contributed by atoms with Gasteiger partial charge in [0.25, 0.3) is 0 Å². The van der Waals surface area contributed by atoms with Crippen LogP contribution in [0, 0.1) is 5.92 Å². The van der Waals surface area contributed by atoms with Crippen molar-refractivity contribution in [1.29, 1.82) is 0 Å². The van der Waals surface area contributed by atoms with Crippen LogP contribution < -0.4 is 10.6 Å². The molecule has 0 saturated heterocycles. The van der Waals surface area contributed by atoms with E-state index in [0.717, 1.165) is 41.9 Å². The molecule has 2 heterocycles. The molecule has 0 amide bonds. The van der Waals surface area contributed by atoms with Gasteiger partial charge in [-0.05, 0) is 24.0 Å². The molecule has 2 aromatic rings. The average molecular weight is 476 g/mol. The Bertz CT molecular complexity index is 623. The summed E-state index contributed by atoms with van der Waals surface area (Å²) in [6, 6.07) is 3.90. The monoisotopic (exact) mass is 476 g/mol. The van der Waals surface area contributed by atoms with Gasteiger partial charge in [0.2, 0.25) is 0 Å². The zero-order valence-electron chi connectivity index (χ0n) is 15.4. The van der Waals surface area contributed by atoms with Crippen LogP contribution in [-0.2, 0) is 13.0 Å². The summed E-state index contributed by atoms with van der Waals surface area (Å²) in [5.74, 6) is 2.84. The topological polar surface area (TPSA) is 62.5 Å². The maximum Gasteiger partial charge on any atom is 0.191 e. The van der Waals surface area contributed by atoms with Gasteiger partial charge < -0.3 is 15.1 Å². The van der Waals surface area contributed by atoms with Crippen LogP contribution in [0.25, 0.3) is 0 Å². The molecule has 0 fully saturated rings. The quantitative estimate of drug-likeness (QED) is 0.337. The highest BCUT2D eigenvalue weighted by atomic mass is 127. The van der Waals surface area contributed by atoms with Crippen LogP contribution in [0.15, 0.2) is 33.2 Å². The van der Waals surface area contributed by atoms with E-state index in [1.165, 1.54) is 0 Å². The zero-order valence-corrected chi connectivity index (χ0v) is 18.6. The number of aliphatic imine (C=N–C) groups is 1. The van der Waals surface area contributed by atoms with E-state index in [9.17, 15) is 0 Å². The first-order valence-corrected chi connectivity index (χ1v) is 9.41. The first-order chi connectivity index (χ1) is 11.5. The lowest BCUT2D eigenvalue weighted by Gasteiger charge is -2.13. The van der Waals surface area contributed by atoms with Gasteiger partial charge in [-0.3, -0.25) is 0 Å². The Hall–Kier alpha value is -1.09. The van der Waals surface area contributed by atoms with Crippen LogP contribution in [0.4, 0.5) is 0 Å². The fourth-order valence-electron chi connectivity index (χ4n) is 2.04. The van der Waals surface area contributed by atoms with Crippen molar-refractivity contribution in [3.63, 3.8) is 0 Å². The number of rotatable bonds is 8. The van der Waals surface area contributed by atoms with Crippen LogP contribution in [-0.4, -0.2) is 24.0 Å². The van der Waals surface area contributed by atoms with E-state index < -0.39 is 0 Å². The summed E-state index contributed by atoms with van der Waals surface area (Å²) >= 11 is 1.68. The summed E-state index contributed by atoms with van der Waals surface area (Å²) in [5, 5.41) is 9.93. The molecule has 0 aliphatic rings. The molecule has 0 aromatic carbocycles. The van der Waals surface area contributed by atoms with Crippen LogP contribution in [0.2, 0.25) is 0 Å². The summed E-state index contributed by atoms with van der Waals surface area (Å²) in [5.41, 5.74) is 1.15. The third kappa shape index (κ3) is 8.22. The highest BCUT2D eigenvalue weighted by Gasteiger charge is 2.06. The largest absolute Gasteiger partial charge is 0.469 e. The highest BCUT2D eigenvalue weighted by molar-refractivity contribution is 14.0. The fraction of sp³-hybridized carbons (Fsp3) is 0.556. The van der Waals surface area contributed by atoms with Crippen LogP contribution >= 0.6 is 35.3 Å². The first kappa shape index (κ1) is 22.0. The van der Waals surface area contributed by atoms with Crippen molar-refractivity contribution in [3.8, 4) is 0 Å². The maximum absolute atomic E-state index is 5.36. The lowest BCUT2D eigenvalue weighted by atomic mass is 10.2. The molecule has 0 unspecified atom stereocenters. The summed E-state index contributed by atoms with van der Waals surface area (Å²) in [6.45, 7) is 11.0. The van der Waals surface area contributed by atoms with Crippen molar-refractivity contribution in [2.24, 2.45) is 10.9 Å². The summed E-state index contributed by atoms with van der Waals surface area (Å²) in [4.78, 5) is 9.31. The Balaban J connectivity index is 0.00000312. The van der Waals surface area contributed by atoms with Gasteiger partial charge in [-0.15, -0.1) is 35.3 Å². The van der Waals surface area contributed by atoms with Crippen molar-refractivity contribution in [3.05, 3.63) is 40.2 Å². The number of nitrogens with one attached hydrogen (secondary N) is 2. The van der Waals surface area contributed by atoms with Gasteiger partial charge in [-0.1, -0.05) is 27.7 Å². The summed E-state index contributed by atoms with van der Waals surface area (Å²) in [7, 11) is 0. The molecule has 0 radical (unpaired) electrons. The lowest BCUT2D eigenvalue weighted by molar-refractivity contribution is 0.506. The number of thiazole rings is 1. The minimum atomic E-state index is 0. The molecule has 2 aromatic heterocycles. The predicted molar refractivity (Wildman–Crippen MR) is 116 cm³/mol. The Morgan fingerprint density at radius 2 is 2.08 bits per heavy atom. The molecule has 5 nitrogen and oxygen atoms in total. The van der Waals surface area contributed by atoms with Gasteiger partial charge in [0, 0.05) is 24.9 Å². The molecule has 2 N–H and O–H groups in total. The maximum atomic E-state index is 5.36. The molecule has 7 heteroatoms. The Morgan fingerprint density at radius 1 is 1.28 bits per heavy atom. The molecule has 0 spiro atoms. The zero-order chi connectivity index (χ0) is 17.4. The minimum Gasteiger partial charge on any atom is -0.469 e. The standard InChI is InChI=1S/C18H28N4OS.HI/c1-13(2)10-20-18(19-8-7-15-6-5-9-23-15)21-11-17-22-16(12-24-17)14(3)4;/h5-6,9,12-14H,7-8,10-11H2,1-4H3,(H2,19,20,21);1H. The number of hydrogen-bond donors (Lipinski definition) is 2. The molecule has 0 aliphatic heterocycles. The molecule has 0 bridgehead atoms. The van der Waals surface area contributed by atoms with E-state index in [0.29, 0.717) is 18.4 Å². The Kier molecular flexibility index (Phi) is 10.1. The molecule has 25 heavy (non-hydrogen) atoms. The second-order valence-electron chi connectivity index (χ2n) is 6.52. The number of nitrogens with zero attached hydrogens (tertiary/aromatic N) is 2. The molecular weight excluding hydrogens is 447 g/mol. The van der Waals surface area contributed by atoms with Crippen LogP contribution in [0.1, 0.15) is 50.1 Å². The molecule has 0 atom stereocenters. The number of hydrogen-bond acceptors (Lipinski definition) is 4. The van der Waals surface area contributed by atoms with E-state index in [-0.39, 0.29) is 24.0 Å². The van der Waals surface area contributed by atoms with E-state index in [4.69, 9.17) is 4.42 Å². The SMILES string of the molecule is CC(C)CNC(=NCc1nc(C(C)C)cs1)NCCc1ccco1.I. The van der Waals surface area contributed by atoms with Gasteiger partial charge in [-0.2, -0.15) is 0 Å². The number of aromatic nitrogens is 1.